The van der Waals surface area contributed by atoms with Crippen LogP contribution in [-0.4, -0.2) is 46.0 Å². The van der Waals surface area contributed by atoms with Crippen LogP contribution in [0.2, 0.25) is 0 Å². The van der Waals surface area contributed by atoms with E-state index in [0.29, 0.717) is 31.6 Å². The Hall–Kier alpha value is -2.97. The number of pyridine rings is 1. The van der Waals surface area contributed by atoms with Crippen molar-refractivity contribution in [1.29, 1.82) is 0 Å². The molecule has 2 fully saturated rings. The summed E-state index contributed by atoms with van der Waals surface area (Å²) in [5, 5.41) is 15.4. The standard InChI is InChI=1S/C26H35N5O3/c1-2-3-7-19(17-28-34)14-24(32)31-18-26(11-12-26)16-22(31)25(33)30-21-9-6-8-20(15-21)29-23-10-4-5-13-27-23/h4-6,8-10,13,15,19,22,28,34H,2-3,7,11-12,14,16-18H2,1H3,(H,27,29)(H,30,33)/t19-,22+/m1/s1. The van der Waals surface area contributed by atoms with E-state index >= 15 is 0 Å². The highest BCUT2D eigenvalue weighted by Gasteiger charge is 2.55. The van der Waals surface area contributed by atoms with Gasteiger partial charge in [0, 0.05) is 37.1 Å². The summed E-state index contributed by atoms with van der Waals surface area (Å²) in [6.07, 6.45) is 7.85. The number of nitrogens with one attached hydrogen (secondary N) is 3. The van der Waals surface area contributed by atoms with Crippen LogP contribution in [0.25, 0.3) is 0 Å². The summed E-state index contributed by atoms with van der Waals surface area (Å²) in [7, 11) is 0. The second-order valence-electron chi connectivity index (χ2n) is 9.73. The first-order valence-corrected chi connectivity index (χ1v) is 12.3. The van der Waals surface area contributed by atoms with Gasteiger partial charge >= 0.3 is 0 Å². The first-order valence-electron chi connectivity index (χ1n) is 12.3. The molecule has 1 spiro atoms. The third-order valence-corrected chi connectivity index (χ3v) is 6.97. The smallest absolute Gasteiger partial charge is 0.247 e. The van der Waals surface area contributed by atoms with Crippen molar-refractivity contribution in [2.75, 3.05) is 23.7 Å². The van der Waals surface area contributed by atoms with Crippen LogP contribution in [0.5, 0.6) is 0 Å². The number of amides is 2. The minimum absolute atomic E-state index is 0.00541. The molecule has 8 heteroatoms. The highest BCUT2D eigenvalue weighted by atomic mass is 16.5. The van der Waals surface area contributed by atoms with Gasteiger partial charge in [-0.05, 0) is 67.3 Å². The molecule has 4 N–H and O–H groups in total. The molecule has 4 rings (SSSR count). The Kier molecular flexibility index (Phi) is 7.80. The van der Waals surface area contributed by atoms with Crippen molar-refractivity contribution in [3.05, 3.63) is 48.7 Å². The molecular formula is C26H35N5O3. The van der Waals surface area contributed by atoms with Crippen molar-refractivity contribution in [1.82, 2.24) is 15.4 Å². The normalized spacial score (nSPS) is 19.1. The number of anilines is 3. The summed E-state index contributed by atoms with van der Waals surface area (Å²) in [5.74, 6) is 0.652. The van der Waals surface area contributed by atoms with Crippen LogP contribution in [0.15, 0.2) is 48.7 Å². The molecule has 1 aromatic heterocycles. The van der Waals surface area contributed by atoms with Crippen molar-refractivity contribution in [3.8, 4) is 0 Å². The lowest BCUT2D eigenvalue weighted by Gasteiger charge is -2.26. The molecule has 1 saturated heterocycles. The highest BCUT2D eigenvalue weighted by molar-refractivity contribution is 5.98. The zero-order chi connectivity index (χ0) is 24.0. The maximum absolute atomic E-state index is 13.3. The topological polar surface area (TPSA) is 107 Å². The van der Waals surface area contributed by atoms with E-state index in [-0.39, 0.29) is 23.1 Å². The van der Waals surface area contributed by atoms with Crippen LogP contribution in [0, 0.1) is 11.3 Å². The molecule has 34 heavy (non-hydrogen) atoms. The Morgan fingerprint density at radius 3 is 2.74 bits per heavy atom. The Labute approximate surface area is 201 Å². The van der Waals surface area contributed by atoms with Crippen LogP contribution in [-0.2, 0) is 9.59 Å². The van der Waals surface area contributed by atoms with Gasteiger partial charge in [0.25, 0.3) is 0 Å². The van der Waals surface area contributed by atoms with E-state index in [9.17, 15) is 14.8 Å². The Balaban J connectivity index is 1.42. The van der Waals surface area contributed by atoms with E-state index in [1.165, 1.54) is 0 Å². The fourth-order valence-electron chi connectivity index (χ4n) is 4.84. The Morgan fingerprint density at radius 1 is 1.21 bits per heavy atom. The summed E-state index contributed by atoms with van der Waals surface area (Å²) in [6.45, 7) is 3.15. The highest BCUT2D eigenvalue weighted by Crippen LogP contribution is 2.55. The number of carbonyl (C=O) groups excluding carboxylic acids is 2. The summed E-state index contributed by atoms with van der Waals surface area (Å²) in [6, 6.07) is 12.7. The van der Waals surface area contributed by atoms with E-state index in [2.05, 4.69) is 28.0 Å². The molecule has 2 amide bonds. The van der Waals surface area contributed by atoms with Crippen LogP contribution in [0.1, 0.15) is 51.9 Å². The van der Waals surface area contributed by atoms with Crippen molar-refractivity contribution >= 4 is 29.0 Å². The maximum atomic E-state index is 13.3. The average molecular weight is 466 g/mol. The van der Waals surface area contributed by atoms with Gasteiger partial charge in [-0.3, -0.25) is 9.59 Å². The Bertz CT molecular complexity index is 979. The van der Waals surface area contributed by atoms with E-state index < -0.39 is 6.04 Å². The fourth-order valence-corrected chi connectivity index (χ4v) is 4.84. The minimum atomic E-state index is -0.462. The number of aromatic nitrogens is 1. The molecule has 1 aliphatic heterocycles. The van der Waals surface area contributed by atoms with Gasteiger partial charge in [0.05, 0.1) is 0 Å². The summed E-state index contributed by atoms with van der Waals surface area (Å²) in [5.41, 5.74) is 3.84. The molecule has 0 bridgehead atoms. The molecule has 2 atom stereocenters. The van der Waals surface area contributed by atoms with Crippen molar-refractivity contribution in [2.45, 2.75) is 57.9 Å². The molecule has 8 nitrogen and oxygen atoms in total. The van der Waals surface area contributed by atoms with E-state index in [0.717, 1.165) is 43.6 Å². The van der Waals surface area contributed by atoms with Crippen LogP contribution >= 0.6 is 0 Å². The predicted octanol–water partition coefficient (Wildman–Crippen LogP) is 4.32. The number of hydroxylamine groups is 1. The van der Waals surface area contributed by atoms with Crippen molar-refractivity contribution in [2.24, 2.45) is 11.3 Å². The van der Waals surface area contributed by atoms with Gasteiger partial charge in [-0.1, -0.05) is 31.9 Å². The molecule has 0 unspecified atom stereocenters. The van der Waals surface area contributed by atoms with Crippen molar-refractivity contribution in [3.63, 3.8) is 0 Å². The number of unbranched alkanes of at least 4 members (excludes halogenated alkanes) is 1. The average Bonchev–Trinajstić information content (AvgIpc) is 3.47. The first kappa shape index (κ1) is 24.2. The lowest BCUT2D eigenvalue weighted by atomic mass is 9.97. The van der Waals surface area contributed by atoms with Gasteiger partial charge in [-0.2, -0.15) is 0 Å². The molecule has 1 saturated carbocycles. The third kappa shape index (κ3) is 6.12. The Morgan fingerprint density at radius 2 is 2.03 bits per heavy atom. The molecule has 2 aromatic rings. The summed E-state index contributed by atoms with van der Waals surface area (Å²) in [4.78, 5) is 32.6. The molecule has 1 aromatic carbocycles. The van der Waals surface area contributed by atoms with Gasteiger partial charge in [-0.15, -0.1) is 0 Å². The van der Waals surface area contributed by atoms with Gasteiger partial charge in [-0.25, -0.2) is 10.5 Å². The monoisotopic (exact) mass is 465 g/mol. The SMILES string of the molecule is CCCC[C@@H](CNO)CC(=O)N1CC2(CC2)C[C@H]1C(=O)Nc1cccc(Nc2ccccn2)c1. The predicted molar refractivity (Wildman–Crippen MR) is 132 cm³/mol. The van der Waals surface area contributed by atoms with E-state index in [4.69, 9.17) is 0 Å². The van der Waals surface area contributed by atoms with E-state index in [1.807, 2.05) is 42.5 Å². The summed E-state index contributed by atoms with van der Waals surface area (Å²) < 4.78 is 0. The van der Waals surface area contributed by atoms with Gasteiger partial charge in [0.15, 0.2) is 0 Å². The fraction of sp³-hybridized carbons (Fsp3) is 0.500. The molecular weight excluding hydrogens is 430 g/mol. The number of carbonyl (C=O) groups is 2. The number of likely N-dealkylation sites (tertiary alicyclic amines) is 1. The number of rotatable bonds is 11. The summed E-state index contributed by atoms with van der Waals surface area (Å²) >= 11 is 0. The van der Waals surface area contributed by atoms with Crippen molar-refractivity contribution < 1.29 is 14.8 Å². The van der Waals surface area contributed by atoms with Gasteiger partial charge < -0.3 is 20.7 Å². The zero-order valence-corrected chi connectivity index (χ0v) is 19.8. The van der Waals surface area contributed by atoms with Crippen LogP contribution in [0.3, 0.4) is 0 Å². The molecule has 182 valence electrons. The number of benzene rings is 1. The molecule has 0 radical (unpaired) electrons. The second-order valence-corrected chi connectivity index (χ2v) is 9.73. The largest absolute Gasteiger partial charge is 0.340 e. The minimum Gasteiger partial charge on any atom is -0.340 e. The van der Waals surface area contributed by atoms with E-state index in [1.54, 1.807) is 11.1 Å². The third-order valence-electron chi connectivity index (χ3n) is 6.97. The number of nitrogens with zero attached hydrogens (tertiary/aromatic N) is 2. The lowest BCUT2D eigenvalue weighted by molar-refractivity contribution is -0.137. The van der Waals surface area contributed by atoms with Gasteiger partial charge in [0.2, 0.25) is 11.8 Å². The number of hydrogen-bond donors (Lipinski definition) is 4. The van der Waals surface area contributed by atoms with Crippen LogP contribution < -0.4 is 16.1 Å². The lowest BCUT2D eigenvalue weighted by Crippen LogP contribution is -2.44. The maximum Gasteiger partial charge on any atom is 0.247 e. The quantitative estimate of drug-likeness (QED) is 0.368. The van der Waals surface area contributed by atoms with Crippen LogP contribution in [0.4, 0.5) is 17.2 Å². The first-order chi connectivity index (χ1) is 16.5. The number of hydrogen-bond acceptors (Lipinski definition) is 6. The second kappa shape index (κ2) is 11.0. The zero-order valence-electron chi connectivity index (χ0n) is 19.8. The molecule has 2 heterocycles. The molecule has 1 aliphatic carbocycles. The molecule has 2 aliphatic rings. The van der Waals surface area contributed by atoms with Gasteiger partial charge in [0.1, 0.15) is 11.9 Å².